The number of hydrogen-bond donors (Lipinski definition) is 1. The Labute approximate surface area is 138 Å². The number of halogens is 2. The minimum absolute atomic E-state index is 0.111. The molecule has 5 nitrogen and oxygen atoms in total. The van der Waals surface area contributed by atoms with Crippen LogP contribution in [0, 0.1) is 13.8 Å². The fourth-order valence-corrected chi connectivity index (χ4v) is 2.41. The Morgan fingerprint density at radius 3 is 2.68 bits per heavy atom. The molecule has 1 N–H and O–H groups in total. The highest BCUT2D eigenvalue weighted by molar-refractivity contribution is 6.36. The van der Waals surface area contributed by atoms with Crippen molar-refractivity contribution in [2.75, 3.05) is 0 Å². The molecule has 0 radical (unpaired) electrons. The second-order valence-electron chi connectivity index (χ2n) is 4.94. The Hall–Kier alpha value is -1.85. The smallest absolute Gasteiger partial charge is 0.261 e. The number of aryl methyl sites for hydroxylation is 2. The normalized spacial score (nSPS) is 11.6. The van der Waals surface area contributed by atoms with Crippen LogP contribution >= 0.6 is 23.2 Å². The summed E-state index contributed by atoms with van der Waals surface area (Å²) in [7, 11) is 0. The summed E-state index contributed by atoms with van der Waals surface area (Å²) < 4.78 is 1.63. The first-order valence-corrected chi connectivity index (χ1v) is 7.42. The molecule has 0 aliphatic carbocycles. The molecule has 7 heteroatoms. The minimum atomic E-state index is -0.260. The van der Waals surface area contributed by atoms with Crippen LogP contribution in [-0.4, -0.2) is 21.4 Å². The average molecular weight is 339 g/mol. The zero-order valence-corrected chi connectivity index (χ0v) is 14.0. The van der Waals surface area contributed by atoms with Gasteiger partial charge in [-0.2, -0.15) is 10.2 Å². The number of carbonyl (C=O) groups excluding carboxylic acids is 1. The third-order valence-corrected chi connectivity index (χ3v) is 3.63. The Kier molecular flexibility index (Phi) is 5.21. The van der Waals surface area contributed by atoms with Crippen molar-refractivity contribution >= 4 is 34.8 Å². The van der Waals surface area contributed by atoms with Gasteiger partial charge in [-0.05, 0) is 45.0 Å². The maximum absolute atomic E-state index is 11.9. The highest BCUT2D eigenvalue weighted by Crippen LogP contribution is 2.21. The number of rotatable bonds is 4. The van der Waals surface area contributed by atoms with Gasteiger partial charge < -0.3 is 0 Å². The van der Waals surface area contributed by atoms with Crippen LogP contribution in [0.15, 0.2) is 29.4 Å². The zero-order valence-electron chi connectivity index (χ0n) is 12.5. The van der Waals surface area contributed by atoms with Gasteiger partial charge in [-0.15, -0.1) is 0 Å². The maximum Gasteiger partial charge on any atom is 0.261 e. The van der Waals surface area contributed by atoms with E-state index in [0.717, 1.165) is 11.4 Å². The third kappa shape index (κ3) is 4.08. The first-order valence-electron chi connectivity index (χ1n) is 6.66. The molecule has 0 saturated carbocycles. The highest BCUT2D eigenvalue weighted by atomic mass is 35.5. The lowest BCUT2D eigenvalue weighted by Crippen LogP contribution is -2.25. The molecule has 0 aliphatic heterocycles. The largest absolute Gasteiger partial charge is 0.271 e. The second-order valence-corrected chi connectivity index (χ2v) is 5.78. The quantitative estimate of drug-likeness (QED) is 0.686. The first kappa shape index (κ1) is 16.5. The number of aromatic nitrogens is 2. The Bertz CT molecular complexity index is 737. The molecule has 22 heavy (non-hydrogen) atoms. The summed E-state index contributed by atoms with van der Waals surface area (Å²) in [4.78, 5) is 11.9. The number of nitrogens with one attached hydrogen (secondary N) is 1. The Balaban J connectivity index is 2.05. The molecule has 1 aromatic heterocycles. The van der Waals surface area contributed by atoms with Gasteiger partial charge in [0, 0.05) is 21.3 Å². The molecule has 0 bridgehead atoms. The van der Waals surface area contributed by atoms with Gasteiger partial charge >= 0.3 is 0 Å². The van der Waals surface area contributed by atoms with Gasteiger partial charge in [0.25, 0.3) is 5.91 Å². The zero-order chi connectivity index (χ0) is 16.3. The van der Waals surface area contributed by atoms with Crippen LogP contribution in [0.3, 0.4) is 0 Å². The van der Waals surface area contributed by atoms with Gasteiger partial charge in [0.1, 0.15) is 6.54 Å². The van der Waals surface area contributed by atoms with E-state index >= 15 is 0 Å². The van der Waals surface area contributed by atoms with E-state index in [1.807, 2.05) is 19.9 Å². The number of hydrazone groups is 1. The molecule has 2 rings (SSSR count). The van der Waals surface area contributed by atoms with Crippen molar-refractivity contribution in [2.24, 2.45) is 5.10 Å². The summed E-state index contributed by atoms with van der Waals surface area (Å²) in [5.74, 6) is -0.260. The summed E-state index contributed by atoms with van der Waals surface area (Å²) in [6, 6.07) is 7.00. The van der Waals surface area contributed by atoms with Crippen molar-refractivity contribution in [2.45, 2.75) is 27.3 Å². The maximum atomic E-state index is 11.9. The van der Waals surface area contributed by atoms with Crippen molar-refractivity contribution in [3.63, 3.8) is 0 Å². The molecule has 116 valence electrons. The monoisotopic (exact) mass is 338 g/mol. The molecule has 1 heterocycles. The third-order valence-electron chi connectivity index (χ3n) is 3.06. The molecule has 1 amide bonds. The van der Waals surface area contributed by atoms with Crippen LogP contribution in [0.2, 0.25) is 10.0 Å². The molecular weight excluding hydrogens is 323 g/mol. The fourth-order valence-electron chi connectivity index (χ4n) is 1.99. The van der Waals surface area contributed by atoms with Crippen LogP contribution in [0.25, 0.3) is 0 Å². The van der Waals surface area contributed by atoms with E-state index in [2.05, 4.69) is 15.6 Å². The molecule has 0 atom stereocenters. The molecule has 0 fully saturated rings. The van der Waals surface area contributed by atoms with Gasteiger partial charge in [0.15, 0.2) is 0 Å². The van der Waals surface area contributed by atoms with E-state index in [1.165, 1.54) is 0 Å². The summed E-state index contributed by atoms with van der Waals surface area (Å²) in [6.45, 7) is 5.64. The summed E-state index contributed by atoms with van der Waals surface area (Å²) >= 11 is 12.0. The number of hydrogen-bond acceptors (Lipinski definition) is 3. The molecule has 0 spiro atoms. The minimum Gasteiger partial charge on any atom is -0.271 e. The van der Waals surface area contributed by atoms with Gasteiger partial charge in [-0.25, -0.2) is 5.43 Å². The van der Waals surface area contributed by atoms with Gasteiger partial charge in [0.2, 0.25) is 0 Å². The molecule has 0 aliphatic rings. The standard InChI is InChI=1S/C15H16Cl2N4O/c1-9-6-10(2)21(20-9)8-15(22)19-18-11(3)13-7-12(16)4-5-14(13)17/h4-7H,8H2,1-3H3,(H,19,22)/b18-11-. The van der Waals surface area contributed by atoms with Crippen LogP contribution in [0.5, 0.6) is 0 Å². The first-order chi connectivity index (χ1) is 10.4. The van der Waals surface area contributed by atoms with Gasteiger partial charge in [-0.1, -0.05) is 23.2 Å². The molecule has 0 unspecified atom stereocenters. The van der Waals surface area contributed by atoms with Crippen molar-refractivity contribution in [3.8, 4) is 0 Å². The van der Waals surface area contributed by atoms with Crippen molar-refractivity contribution in [3.05, 3.63) is 51.3 Å². The number of amides is 1. The van der Waals surface area contributed by atoms with Crippen LogP contribution in [-0.2, 0) is 11.3 Å². The van der Waals surface area contributed by atoms with E-state index in [4.69, 9.17) is 23.2 Å². The molecule has 1 aromatic carbocycles. The average Bonchev–Trinajstić information content (AvgIpc) is 2.77. The van der Waals surface area contributed by atoms with Crippen molar-refractivity contribution in [1.82, 2.24) is 15.2 Å². The van der Waals surface area contributed by atoms with E-state index in [-0.39, 0.29) is 12.5 Å². The molecular formula is C15H16Cl2N4O. The Morgan fingerprint density at radius 1 is 1.32 bits per heavy atom. The van der Waals surface area contributed by atoms with Crippen LogP contribution in [0.1, 0.15) is 23.9 Å². The van der Waals surface area contributed by atoms with E-state index < -0.39 is 0 Å². The summed E-state index contributed by atoms with van der Waals surface area (Å²) in [5, 5.41) is 9.38. The predicted molar refractivity (Wildman–Crippen MR) is 88.5 cm³/mol. The van der Waals surface area contributed by atoms with Gasteiger partial charge in [-0.3, -0.25) is 9.48 Å². The van der Waals surface area contributed by atoms with Crippen LogP contribution in [0.4, 0.5) is 0 Å². The lowest BCUT2D eigenvalue weighted by Gasteiger charge is -2.06. The fraction of sp³-hybridized carbons (Fsp3) is 0.267. The number of nitrogens with zero attached hydrogens (tertiary/aromatic N) is 3. The highest BCUT2D eigenvalue weighted by Gasteiger charge is 2.08. The van der Waals surface area contributed by atoms with E-state index in [1.54, 1.807) is 29.8 Å². The van der Waals surface area contributed by atoms with Crippen molar-refractivity contribution < 1.29 is 4.79 Å². The van der Waals surface area contributed by atoms with E-state index in [9.17, 15) is 4.79 Å². The lowest BCUT2D eigenvalue weighted by molar-refractivity contribution is -0.121. The topological polar surface area (TPSA) is 59.3 Å². The molecule has 2 aromatic rings. The number of benzene rings is 1. The SMILES string of the molecule is C/C(=N/NC(=O)Cn1nc(C)cc1C)c1cc(Cl)ccc1Cl. The summed E-state index contributed by atoms with van der Waals surface area (Å²) in [5.41, 5.74) is 5.55. The van der Waals surface area contributed by atoms with Gasteiger partial charge in [0.05, 0.1) is 11.4 Å². The van der Waals surface area contributed by atoms with Crippen LogP contribution < -0.4 is 5.43 Å². The van der Waals surface area contributed by atoms with E-state index in [0.29, 0.717) is 21.3 Å². The molecule has 0 saturated heterocycles. The number of carbonyl (C=O) groups is 1. The second kappa shape index (κ2) is 6.94. The summed E-state index contributed by atoms with van der Waals surface area (Å²) in [6.07, 6.45) is 0. The van der Waals surface area contributed by atoms with Crippen molar-refractivity contribution in [1.29, 1.82) is 0 Å². The Morgan fingerprint density at radius 2 is 2.05 bits per heavy atom. The predicted octanol–water partition coefficient (Wildman–Crippen LogP) is 3.35. The lowest BCUT2D eigenvalue weighted by atomic mass is 10.1.